The number of hydrogen-bond donors (Lipinski definition) is 1. The number of piperidine rings is 2. The van der Waals surface area contributed by atoms with Crippen LogP contribution < -0.4 is 0 Å². The van der Waals surface area contributed by atoms with Crippen molar-refractivity contribution < 1.29 is 18.3 Å². The van der Waals surface area contributed by atoms with Gasteiger partial charge >= 0.3 is 6.18 Å². The van der Waals surface area contributed by atoms with E-state index in [1.165, 1.54) is 12.8 Å². The Kier molecular flexibility index (Phi) is 4.97. The first-order valence-corrected chi connectivity index (χ1v) is 7.54. The van der Waals surface area contributed by atoms with Gasteiger partial charge in [0.05, 0.1) is 0 Å². The highest BCUT2D eigenvalue weighted by molar-refractivity contribution is 4.92. The summed E-state index contributed by atoms with van der Waals surface area (Å²) in [5.74, 6) is 0.794. The molecule has 0 aromatic heterocycles. The molecule has 0 unspecified atom stereocenters. The molecular weight excluding hydrogens is 269 g/mol. The zero-order valence-corrected chi connectivity index (χ0v) is 12.1. The molecule has 6 heteroatoms. The quantitative estimate of drug-likeness (QED) is 0.863. The first kappa shape index (κ1) is 16.0. The predicted molar refractivity (Wildman–Crippen MR) is 71.5 cm³/mol. The third-order valence-corrected chi connectivity index (χ3v) is 4.82. The van der Waals surface area contributed by atoms with Crippen molar-refractivity contribution in [1.82, 2.24) is 9.80 Å². The van der Waals surface area contributed by atoms with Crippen molar-refractivity contribution in [1.29, 1.82) is 0 Å². The van der Waals surface area contributed by atoms with Crippen LogP contribution >= 0.6 is 0 Å². The molecule has 3 nitrogen and oxygen atoms in total. The Labute approximate surface area is 118 Å². The Morgan fingerprint density at radius 2 is 1.45 bits per heavy atom. The SMILES string of the molecule is CC1CCN(CCN2CCC(O)(C(F)(F)F)CC2)CC1. The van der Waals surface area contributed by atoms with Crippen LogP contribution in [0.25, 0.3) is 0 Å². The van der Waals surface area contributed by atoms with Gasteiger partial charge in [0.15, 0.2) is 5.60 Å². The second-order valence-corrected chi connectivity index (χ2v) is 6.40. The van der Waals surface area contributed by atoms with Crippen molar-refractivity contribution in [3.05, 3.63) is 0 Å². The third kappa shape index (κ3) is 3.86. The topological polar surface area (TPSA) is 26.7 Å². The number of halogens is 3. The lowest BCUT2D eigenvalue weighted by Gasteiger charge is -2.40. The number of aliphatic hydroxyl groups is 1. The van der Waals surface area contributed by atoms with Gasteiger partial charge in [0.25, 0.3) is 0 Å². The lowest BCUT2D eigenvalue weighted by atomic mass is 9.91. The normalized spacial score (nSPS) is 26.9. The maximum Gasteiger partial charge on any atom is 0.417 e. The highest BCUT2D eigenvalue weighted by atomic mass is 19.4. The molecular formula is C14H25F3N2O. The predicted octanol–water partition coefficient (Wildman–Crippen LogP) is 2.11. The van der Waals surface area contributed by atoms with E-state index in [4.69, 9.17) is 0 Å². The molecule has 20 heavy (non-hydrogen) atoms. The Balaban J connectivity index is 1.70. The molecule has 0 radical (unpaired) electrons. The van der Waals surface area contributed by atoms with Crippen molar-refractivity contribution in [3.63, 3.8) is 0 Å². The van der Waals surface area contributed by atoms with E-state index in [1.807, 2.05) is 4.90 Å². The summed E-state index contributed by atoms with van der Waals surface area (Å²) in [6.07, 6.45) is -2.47. The fraction of sp³-hybridized carbons (Fsp3) is 1.00. The maximum atomic E-state index is 12.7. The Morgan fingerprint density at radius 3 is 1.90 bits per heavy atom. The summed E-state index contributed by atoms with van der Waals surface area (Å²) in [5.41, 5.74) is -2.47. The molecule has 2 heterocycles. The summed E-state index contributed by atoms with van der Waals surface area (Å²) in [6.45, 7) is 6.86. The molecule has 2 rings (SSSR count). The van der Waals surface area contributed by atoms with Crippen LogP contribution in [0.4, 0.5) is 13.2 Å². The summed E-state index contributed by atoms with van der Waals surface area (Å²) in [7, 11) is 0. The van der Waals surface area contributed by atoms with Gasteiger partial charge in [-0.3, -0.25) is 0 Å². The van der Waals surface area contributed by atoms with E-state index in [1.54, 1.807) is 0 Å². The molecule has 2 aliphatic rings. The third-order valence-electron chi connectivity index (χ3n) is 4.82. The molecule has 0 bridgehead atoms. The molecule has 0 saturated carbocycles. The summed E-state index contributed by atoms with van der Waals surface area (Å²) < 4.78 is 38.1. The number of hydrogen-bond acceptors (Lipinski definition) is 3. The van der Waals surface area contributed by atoms with Gasteiger partial charge in [0.2, 0.25) is 0 Å². The van der Waals surface area contributed by atoms with Crippen LogP contribution in [-0.2, 0) is 0 Å². The van der Waals surface area contributed by atoms with Crippen molar-refractivity contribution >= 4 is 0 Å². The zero-order valence-electron chi connectivity index (χ0n) is 12.1. The van der Waals surface area contributed by atoms with E-state index in [0.29, 0.717) is 13.1 Å². The number of rotatable bonds is 3. The van der Waals surface area contributed by atoms with Crippen molar-refractivity contribution in [2.45, 2.75) is 44.4 Å². The average molecular weight is 294 g/mol. The lowest BCUT2D eigenvalue weighted by Crippen LogP contribution is -2.54. The van der Waals surface area contributed by atoms with Crippen LogP contribution in [0.5, 0.6) is 0 Å². The van der Waals surface area contributed by atoms with Gasteiger partial charge in [-0.05, 0) is 44.7 Å². The summed E-state index contributed by atoms with van der Waals surface area (Å²) in [6, 6.07) is 0. The van der Waals surface area contributed by atoms with E-state index in [-0.39, 0.29) is 12.8 Å². The summed E-state index contributed by atoms with van der Waals surface area (Å²) in [4.78, 5) is 4.43. The fourth-order valence-corrected chi connectivity index (χ4v) is 3.00. The number of alkyl halides is 3. The first-order chi connectivity index (χ1) is 9.30. The highest BCUT2D eigenvalue weighted by Gasteiger charge is 2.54. The second kappa shape index (κ2) is 6.20. The maximum absolute atomic E-state index is 12.7. The lowest BCUT2D eigenvalue weighted by molar-refractivity contribution is -0.272. The van der Waals surface area contributed by atoms with Crippen LogP contribution in [0.3, 0.4) is 0 Å². The van der Waals surface area contributed by atoms with Gasteiger partial charge in [-0.2, -0.15) is 13.2 Å². The van der Waals surface area contributed by atoms with Crippen LogP contribution in [0, 0.1) is 5.92 Å². The van der Waals surface area contributed by atoms with Crippen LogP contribution in [0.1, 0.15) is 32.6 Å². The summed E-state index contributed by atoms with van der Waals surface area (Å²) in [5, 5.41) is 9.61. The largest absolute Gasteiger partial charge is 0.417 e. The van der Waals surface area contributed by atoms with Gasteiger partial charge in [-0.25, -0.2) is 0 Å². The minimum atomic E-state index is -4.50. The molecule has 0 atom stereocenters. The van der Waals surface area contributed by atoms with Gasteiger partial charge in [0.1, 0.15) is 0 Å². The molecule has 0 aromatic rings. The minimum absolute atomic E-state index is 0.201. The van der Waals surface area contributed by atoms with E-state index >= 15 is 0 Å². The fourth-order valence-electron chi connectivity index (χ4n) is 3.00. The zero-order chi connectivity index (χ0) is 14.8. The van der Waals surface area contributed by atoms with Crippen molar-refractivity contribution in [2.75, 3.05) is 39.3 Å². The molecule has 0 aromatic carbocycles. The molecule has 2 saturated heterocycles. The molecule has 0 spiro atoms. The van der Waals surface area contributed by atoms with Gasteiger partial charge in [-0.1, -0.05) is 6.92 Å². The van der Waals surface area contributed by atoms with Crippen LogP contribution in [0.15, 0.2) is 0 Å². The molecule has 1 N–H and O–H groups in total. The smallest absolute Gasteiger partial charge is 0.380 e. The van der Waals surface area contributed by atoms with Crippen LogP contribution in [-0.4, -0.2) is 66.0 Å². The Bertz CT molecular complexity index is 306. The first-order valence-electron chi connectivity index (χ1n) is 7.54. The Morgan fingerprint density at radius 1 is 1.00 bits per heavy atom. The highest BCUT2D eigenvalue weighted by Crippen LogP contribution is 2.38. The van der Waals surface area contributed by atoms with E-state index in [0.717, 1.165) is 32.1 Å². The molecule has 0 amide bonds. The standard InChI is InChI=1S/C14H25F3N2O/c1-12-2-6-18(7-3-12)10-11-19-8-4-13(20,5-9-19)14(15,16)17/h12,20H,2-11H2,1H3. The van der Waals surface area contributed by atoms with Gasteiger partial charge in [-0.15, -0.1) is 0 Å². The van der Waals surface area contributed by atoms with Gasteiger partial charge in [0, 0.05) is 26.2 Å². The molecule has 0 aliphatic carbocycles. The van der Waals surface area contributed by atoms with E-state index in [9.17, 15) is 18.3 Å². The van der Waals surface area contributed by atoms with Crippen LogP contribution in [0.2, 0.25) is 0 Å². The van der Waals surface area contributed by atoms with Gasteiger partial charge < -0.3 is 14.9 Å². The average Bonchev–Trinajstić information content (AvgIpc) is 2.39. The molecule has 2 fully saturated rings. The Hall–Kier alpha value is -0.330. The van der Waals surface area contributed by atoms with E-state index in [2.05, 4.69) is 11.8 Å². The van der Waals surface area contributed by atoms with Crippen molar-refractivity contribution in [3.8, 4) is 0 Å². The summed E-state index contributed by atoms with van der Waals surface area (Å²) >= 11 is 0. The molecule has 2 aliphatic heterocycles. The minimum Gasteiger partial charge on any atom is -0.380 e. The monoisotopic (exact) mass is 294 g/mol. The van der Waals surface area contributed by atoms with Crippen molar-refractivity contribution in [2.24, 2.45) is 5.92 Å². The molecule has 118 valence electrons. The number of likely N-dealkylation sites (tertiary alicyclic amines) is 2. The second-order valence-electron chi connectivity index (χ2n) is 6.40. The number of nitrogens with zero attached hydrogens (tertiary/aromatic N) is 2. The van der Waals surface area contributed by atoms with E-state index < -0.39 is 11.8 Å².